The maximum absolute atomic E-state index is 10.5. The Kier molecular flexibility index (Phi) is 7.80. The number of aromatic nitrogens is 2. The monoisotopic (exact) mass is 461 g/mol. The van der Waals surface area contributed by atoms with Crippen LogP contribution in [0.4, 0.5) is 0 Å². The zero-order chi connectivity index (χ0) is 23.9. The Morgan fingerprint density at radius 2 is 1.76 bits per heavy atom. The van der Waals surface area contributed by atoms with E-state index in [4.69, 9.17) is 19.0 Å². The fraction of sp³-hybridized carbons (Fsp3) is 0.296. The van der Waals surface area contributed by atoms with E-state index in [1.165, 1.54) is 0 Å². The molecule has 4 rings (SSSR count). The van der Waals surface area contributed by atoms with Crippen molar-refractivity contribution in [3.63, 3.8) is 0 Å². The molecule has 0 saturated heterocycles. The van der Waals surface area contributed by atoms with Gasteiger partial charge in [0.1, 0.15) is 11.5 Å². The van der Waals surface area contributed by atoms with Crippen LogP contribution in [0.15, 0.2) is 77.4 Å². The topological polar surface area (TPSA) is 72.9 Å². The van der Waals surface area contributed by atoms with Crippen molar-refractivity contribution in [2.45, 2.75) is 33.0 Å². The third-order valence-corrected chi connectivity index (χ3v) is 5.54. The minimum Gasteiger partial charge on any atom is -0.468 e. The zero-order valence-corrected chi connectivity index (χ0v) is 19.8. The Balaban J connectivity index is 1.70. The third-order valence-electron chi connectivity index (χ3n) is 5.54. The molecule has 0 fully saturated rings. The zero-order valence-electron chi connectivity index (χ0n) is 19.8. The summed E-state index contributed by atoms with van der Waals surface area (Å²) in [6, 6.07) is 21.7. The summed E-state index contributed by atoms with van der Waals surface area (Å²) in [5, 5.41) is 15.3. The van der Waals surface area contributed by atoms with E-state index < -0.39 is 6.10 Å². The van der Waals surface area contributed by atoms with Crippen LogP contribution in [-0.2, 0) is 17.8 Å². The highest BCUT2D eigenvalue weighted by Gasteiger charge is 2.23. The van der Waals surface area contributed by atoms with Crippen molar-refractivity contribution in [3.8, 4) is 17.3 Å². The molecular formula is C27H31N3O4. The first-order chi connectivity index (χ1) is 16.5. The minimum atomic E-state index is -0.633. The molecular weight excluding hydrogens is 430 g/mol. The maximum atomic E-state index is 10.5. The van der Waals surface area contributed by atoms with Crippen LogP contribution in [0, 0.1) is 13.8 Å². The van der Waals surface area contributed by atoms with E-state index in [0.29, 0.717) is 25.5 Å². The first-order valence-electron chi connectivity index (χ1n) is 11.3. The number of rotatable bonds is 11. The van der Waals surface area contributed by atoms with Gasteiger partial charge in [0.05, 0.1) is 42.5 Å². The van der Waals surface area contributed by atoms with E-state index in [2.05, 4.69) is 4.90 Å². The Hall–Kier alpha value is -3.39. The lowest BCUT2D eigenvalue weighted by atomic mass is 10.2. The lowest BCUT2D eigenvalue weighted by molar-refractivity contribution is 0.0321. The predicted molar refractivity (Wildman–Crippen MR) is 130 cm³/mol. The molecule has 0 aliphatic heterocycles. The third kappa shape index (κ3) is 5.94. The second-order valence-electron chi connectivity index (χ2n) is 8.39. The van der Waals surface area contributed by atoms with Gasteiger partial charge in [0.2, 0.25) is 5.88 Å². The summed E-state index contributed by atoms with van der Waals surface area (Å²) < 4.78 is 19.0. The molecule has 2 aromatic heterocycles. The average molecular weight is 462 g/mol. The number of hydrogen-bond acceptors (Lipinski definition) is 6. The molecule has 0 amide bonds. The first-order valence-corrected chi connectivity index (χ1v) is 11.3. The Labute approximate surface area is 200 Å². The molecule has 1 N–H and O–H groups in total. The second kappa shape index (κ2) is 11.2. The molecule has 0 saturated carbocycles. The fourth-order valence-corrected chi connectivity index (χ4v) is 3.86. The van der Waals surface area contributed by atoms with Gasteiger partial charge < -0.3 is 19.0 Å². The normalized spacial score (nSPS) is 12.3. The average Bonchev–Trinajstić information content (AvgIpc) is 3.45. The highest BCUT2D eigenvalue weighted by Crippen LogP contribution is 2.32. The van der Waals surface area contributed by atoms with Crippen LogP contribution in [0.2, 0.25) is 0 Å². The molecule has 0 unspecified atom stereocenters. The summed E-state index contributed by atoms with van der Waals surface area (Å²) in [7, 11) is 1.58. The van der Waals surface area contributed by atoms with Gasteiger partial charge in [0, 0.05) is 20.2 Å². The number of aliphatic hydroxyl groups is 1. The molecule has 4 aromatic rings. The van der Waals surface area contributed by atoms with Gasteiger partial charge in [0.25, 0.3) is 0 Å². The van der Waals surface area contributed by atoms with Crippen molar-refractivity contribution in [3.05, 3.63) is 95.6 Å². The van der Waals surface area contributed by atoms with Crippen molar-refractivity contribution in [1.82, 2.24) is 14.7 Å². The van der Waals surface area contributed by atoms with Crippen molar-refractivity contribution in [2.75, 3.05) is 20.3 Å². The summed E-state index contributed by atoms with van der Waals surface area (Å²) in [6.45, 7) is 5.74. The molecule has 178 valence electrons. The van der Waals surface area contributed by atoms with Gasteiger partial charge in [-0.05, 0) is 50.2 Å². The van der Waals surface area contributed by atoms with Crippen molar-refractivity contribution in [2.24, 2.45) is 0 Å². The molecule has 0 aliphatic carbocycles. The summed E-state index contributed by atoms with van der Waals surface area (Å²) in [4.78, 5) is 2.11. The molecule has 1 atom stereocenters. The summed E-state index contributed by atoms with van der Waals surface area (Å²) in [5.74, 6) is 2.21. The number of ether oxygens (including phenoxy) is 2. The van der Waals surface area contributed by atoms with Crippen LogP contribution in [0.1, 0.15) is 22.6 Å². The maximum Gasteiger partial charge on any atom is 0.227 e. The van der Waals surface area contributed by atoms with Crippen molar-refractivity contribution in [1.29, 1.82) is 0 Å². The Bertz CT molecular complexity index is 1150. The van der Waals surface area contributed by atoms with E-state index in [9.17, 15) is 5.11 Å². The van der Waals surface area contributed by atoms with E-state index in [1.807, 2.05) is 85.3 Å². The van der Waals surface area contributed by atoms with Gasteiger partial charge in [-0.1, -0.05) is 35.9 Å². The molecule has 7 heteroatoms. The largest absolute Gasteiger partial charge is 0.468 e. The quantitative estimate of drug-likeness (QED) is 0.343. The number of benzene rings is 2. The van der Waals surface area contributed by atoms with Crippen molar-refractivity contribution >= 4 is 0 Å². The molecule has 0 spiro atoms. The number of furan rings is 1. The smallest absolute Gasteiger partial charge is 0.227 e. The van der Waals surface area contributed by atoms with Crippen LogP contribution < -0.4 is 4.74 Å². The summed E-state index contributed by atoms with van der Waals surface area (Å²) >= 11 is 0. The van der Waals surface area contributed by atoms with Gasteiger partial charge in [-0.3, -0.25) is 4.90 Å². The summed E-state index contributed by atoms with van der Waals surface area (Å²) in [5.41, 5.74) is 3.88. The van der Waals surface area contributed by atoms with Gasteiger partial charge in [0.15, 0.2) is 0 Å². The van der Waals surface area contributed by atoms with Crippen LogP contribution in [0.5, 0.6) is 11.6 Å². The number of para-hydroxylation sites is 1. The lowest BCUT2D eigenvalue weighted by Gasteiger charge is -2.24. The van der Waals surface area contributed by atoms with Gasteiger partial charge >= 0.3 is 0 Å². The SMILES string of the molecule is COC[C@@H](O)CN(Cc1ccco1)Cc1c(C)nn(-c2ccccc2)c1Oc1ccc(C)cc1. The highest BCUT2D eigenvalue weighted by molar-refractivity contribution is 5.43. The molecule has 7 nitrogen and oxygen atoms in total. The van der Waals surface area contributed by atoms with E-state index in [1.54, 1.807) is 13.4 Å². The minimum absolute atomic E-state index is 0.254. The number of hydrogen-bond donors (Lipinski definition) is 1. The van der Waals surface area contributed by atoms with E-state index >= 15 is 0 Å². The van der Waals surface area contributed by atoms with E-state index in [0.717, 1.165) is 34.0 Å². The number of nitrogens with zero attached hydrogens (tertiary/aromatic N) is 3. The Morgan fingerprint density at radius 3 is 2.44 bits per heavy atom. The molecule has 2 aromatic carbocycles. The van der Waals surface area contributed by atoms with Crippen LogP contribution >= 0.6 is 0 Å². The molecule has 0 radical (unpaired) electrons. The van der Waals surface area contributed by atoms with Crippen LogP contribution in [0.3, 0.4) is 0 Å². The molecule has 34 heavy (non-hydrogen) atoms. The standard InChI is InChI=1S/C27H31N3O4/c1-20-11-13-24(14-12-20)34-27-26(21(2)28-30(27)22-8-5-4-6-9-22)18-29(16-23(31)19-32-3)17-25-10-7-15-33-25/h4-15,23,31H,16-19H2,1-3H3/t23-/m0/s1. The summed E-state index contributed by atoms with van der Waals surface area (Å²) in [6.07, 6.45) is 1.02. The molecule has 2 heterocycles. The number of aliphatic hydroxyl groups excluding tert-OH is 1. The van der Waals surface area contributed by atoms with Gasteiger partial charge in [-0.15, -0.1) is 0 Å². The predicted octanol–water partition coefficient (Wildman–Crippen LogP) is 4.88. The molecule has 0 bridgehead atoms. The van der Waals surface area contributed by atoms with Crippen LogP contribution in [0.25, 0.3) is 5.69 Å². The molecule has 0 aliphatic rings. The first kappa shape index (κ1) is 23.8. The lowest BCUT2D eigenvalue weighted by Crippen LogP contribution is -2.34. The second-order valence-corrected chi connectivity index (χ2v) is 8.39. The van der Waals surface area contributed by atoms with Gasteiger partial charge in [-0.25, -0.2) is 4.68 Å². The van der Waals surface area contributed by atoms with E-state index in [-0.39, 0.29) is 6.61 Å². The van der Waals surface area contributed by atoms with Gasteiger partial charge in [-0.2, -0.15) is 5.10 Å². The highest BCUT2D eigenvalue weighted by atomic mass is 16.5. The fourth-order valence-electron chi connectivity index (χ4n) is 3.86. The number of methoxy groups -OCH3 is 1. The van der Waals surface area contributed by atoms with Crippen molar-refractivity contribution < 1.29 is 19.0 Å². The Morgan fingerprint density at radius 1 is 1.00 bits per heavy atom. The number of aryl methyl sites for hydroxylation is 2. The van der Waals surface area contributed by atoms with Crippen LogP contribution in [-0.4, -0.2) is 46.2 Å².